The Morgan fingerprint density at radius 1 is 1.15 bits per heavy atom. The number of sulfonamides is 1. The molecule has 2 aromatic rings. The second kappa shape index (κ2) is 8.77. The van der Waals surface area contributed by atoms with Crippen LogP contribution in [0.2, 0.25) is 0 Å². The van der Waals surface area contributed by atoms with Gasteiger partial charge in [-0.15, -0.1) is 0 Å². The van der Waals surface area contributed by atoms with Crippen molar-refractivity contribution in [3.8, 4) is 11.5 Å². The summed E-state index contributed by atoms with van der Waals surface area (Å²) < 4.78 is 35.2. The Hall–Kier alpha value is -2.74. The normalized spacial score (nSPS) is 12.1. The number of hydrogen-bond acceptors (Lipinski definition) is 5. The van der Waals surface area contributed by atoms with Gasteiger partial charge in [-0.25, -0.2) is 8.42 Å². The van der Waals surface area contributed by atoms with Crippen LogP contribution in [-0.4, -0.2) is 47.4 Å². The van der Waals surface area contributed by atoms with E-state index in [2.05, 4.69) is 5.32 Å². The van der Waals surface area contributed by atoms with E-state index in [1.165, 1.54) is 13.1 Å². The summed E-state index contributed by atoms with van der Waals surface area (Å²) in [6.07, 6.45) is 1.11. The van der Waals surface area contributed by atoms with Crippen molar-refractivity contribution in [1.82, 2.24) is 5.32 Å². The predicted octanol–water partition coefficient (Wildman–Crippen LogP) is 2.29. The largest absolute Gasteiger partial charge is 0.497 e. The molecule has 0 aliphatic rings. The van der Waals surface area contributed by atoms with Crippen molar-refractivity contribution in [2.45, 2.75) is 13.0 Å². The molecule has 146 valence electrons. The van der Waals surface area contributed by atoms with Gasteiger partial charge in [0.15, 0.2) is 0 Å². The van der Waals surface area contributed by atoms with Gasteiger partial charge in [0, 0.05) is 12.6 Å². The number of nitrogens with one attached hydrogen (secondary N) is 1. The fourth-order valence-corrected chi connectivity index (χ4v) is 2.77. The van der Waals surface area contributed by atoms with Crippen LogP contribution in [0.5, 0.6) is 11.5 Å². The SMILES string of the molecule is COc1ccc(OC[C@@H](C)NC(=O)c2cccc(N(C)S(C)(=O)=O)c2)cc1. The quantitative estimate of drug-likeness (QED) is 0.745. The Kier molecular flexibility index (Phi) is 6.68. The molecule has 0 radical (unpaired) electrons. The van der Waals surface area contributed by atoms with Crippen molar-refractivity contribution in [2.24, 2.45) is 0 Å². The van der Waals surface area contributed by atoms with Crippen LogP contribution in [0.15, 0.2) is 48.5 Å². The average Bonchev–Trinajstić information content (AvgIpc) is 2.65. The number of hydrogen-bond donors (Lipinski definition) is 1. The molecule has 0 spiro atoms. The van der Waals surface area contributed by atoms with Gasteiger partial charge in [0.1, 0.15) is 18.1 Å². The van der Waals surface area contributed by atoms with Crippen molar-refractivity contribution in [3.05, 3.63) is 54.1 Å². The molecular weight excluding hydrogens is 368 g/mol. The van der Waals surface area contributed by atoms with E-state index in [9.17, 15) is 13.2 Å². The van der Waals surface area contributed by atoms with E-state index in [0.29, 0.717) is 23.6 Å². The molecule has 1 amide bonds. The summed E-state index contributed by atoms with van der Waals surface area (Å²) in [7, 11) is -0.357. The van der Waals surface area contributed by atoms with Gasteiger partial charge in [-0.2, -0.15) is 0 Å². The Balaban J connectivity index is 1.95. The lowest BCUT2D eigenvalue weighted by molar-refractivity contribution is 0.0926. The molecule has 0 saturated heterocycles. The Labute approximate surface area is 160 Å². The monoisotopic (exact) mass is 392 g/mol. The summed E-state index contributed by atoms with van der Waals surface area (Å²) in [5.74, 6) is 1.11. The summed E-state index contributed by atoms with van der Waals surface area (Å²) >= 11 is 0. The number of rotatable bonds is 8. The zero-order valence-corrected chi connectivity index (χ0v) is 16.6. The molecule has 0 heterocycles. The summed E-state index contributed by atoms with van der Waals surface area (Å²) in [6, 6.07) is 13.4. The lowest BCUT2D eigenvalue weighted by atomic mass is 10.2. The third kappa shape index (κ3) is 5.89. The molecule has 27 heavy (non-hydrogen) atoms. The number of methoxy groups -OCH3 is 1. The second-order valence-corrected chi connectivity index (χ2v) is 8.16. The van der Waals surface area contributed by atoms with Crippen LogP contribution >= 0.6 is 0 Å². The van der Waals surface area contributed by atoms with Crippen molar-refractivity contribution in [1.29, 1.82) is 0 Å². The maximum Gasteiger partial charge on any atom is 0.251 e. The Bertz CT molecular complexity index is 881. The zero-order valence-electron chi connectivity index (χ0n) is 15.8. The fourth-order valence-electron chi connectivity index (χ4n) is 2.28. The highest BCUT2D eigenvalue weighted by molar-refractivity contribution is 7.92. The number of carbonyl (C=O) groups excluding carboxylic acids is 1. The molecular formula is C19H24N2O5S. The minimum atomic E-state index is -3.39. The number of amides is 1. The van der Waals surface area contributed by atoms with E-state index in [-0.39, 0.29) is 11.9 Å². The van der Waals surface area contributed by atoms with Gasteiger partial charge in [0.25, 0.3) is 5.91 Å². The Morgan fingerprint density at radius 3 is 2.37 bits per heavy atom. The number of benzene rings is 2. The molecule has 0 fully saturated rings. The molecule has 0 aliphatic carbocycles. The first-order chi connectivity index (χ1) is 12.7. The highest BCUT2D eigenvalue weighted by Crippen LogP contribution is 2.18. The molecule has 0 aromatic heterocycles. The summed E-state index contributed by atoms with van der Waals surface area (Å²) in [5.41, 5.74) is 0.798. The molecule has 7 nitrogen and oxygen atoms in total. The zero-order chi connectivity index (χ0) is 20.0. The molecule has 8 heteroatoms. The smallest absolute Gasteiger partial charge is 0.251 e. The van der Waals surface area contributed by atoms with Crippen LogP contribution in [-0.2, 0) is 10.0 Å². The third-order valence-electron chi connectivity index (χ3n) is 3.91. The summed E-state index contributed by atoms with van der Waals surface area (Å²) in [6.45, 7) is 2.12. The molecule has 0 aliphatic heterocycles. The van der Waals surface area contributed by atoms with Gasteiger partial charge in [0.2, 0.25) is 10.0 Å². The van der Waals surface area contributed by atoms with Gasteiger partial charge >= 0.3 is 0 Å². The third-order valence-corrected chi connectivity index (χ3v) is 5.11. The highest BCUT2D eigenvalue weighted by atomic mass is 32.2. The van der Waals surface area contributed by atoms with E-state index in [1.807, 2.05) is 6.92 Å². The first kappa shape index (κ1) is 20.6. The predicted molar refractivity (Wildman–Crippen MR) is 105 cm³/mol. The molecule has 1 atom stereocenters. The van der Waals surface area contributed by atoms with Crippen molar-refractivity contribution < 1.29 is 22.7 Å². The minimum absolute atomic E-state index is 0.240. The maximum absolute atomic E-state index is 12.4. The van der Waals surface area contributed by atoms with Crippen LogP contribution in [0.1, 0.15) is 17.3 Å². The standard InChI is InChI=1S/C19H24N2O5S/c1-14(13-26-18-10-8-17(25-3)9-11-18)20-19(22)15-6-5-7-16(12-15)21(2)27(4,23)24/h5-12,14H,13H2,1-4H3,(H,20,22)/t14-/m1/s1. The van der Waals surface area contributed by atoms with E-state index < -0.39 is 10.0 Å². The number of anilines is 1. The van der Waals surface area contributed by atoms with Crippen molar-refractivity contribution in [2.75, 3.05) is 31.3 Å². The summed E-state index contributed by atoms with van der Waals surface area (Å²) in [5, 5.41) is 2.84. The van der Waals surface area contributed by atoms with Crippen molar-refractivity contribution >= 4 is 21.6 Å². The van der Waals surface area contributed by atoms with Crippen LogP contribution in [0.25, 0.3) is 0 Å². The van der Waals surface area contributed by atoms with Crippen LogP contribution in [0.3, 0.4) is 0 Å². The second-order valence-electron chi connectivity index (χ2n) is 6.14. The van der Waals surface area contributed by atoms with Crippen molar-refractivity contribution in [3.63, 3.8) is 0 Å². The fraction of sp³-hybridized carbons (Fsp3) is 0.316. The topological polar surface area (TPSA) is 84.9 Å². The first-order valence-corrected chi connectivity index (χ1v) is 10.2. The summed E-state index contributed by atoms with van der Waals surface area (Å²) in [4.78, 5) is 12.4. The lowest BCUT2D eigenvalue weighted by Crippen LogP contribution is -2.36. The van der Waals surface area contributed by atoms with Gasteiger partial charge < -0.3 is 14.8 Å². The van der Waals surface area contributed by atoms with E-state index in [0.717, 1.165) is 16.3 Å². The molecule has 0 unspecified atom stereocenters. The Morgan fingerprint density at radius 2 is 1.78 bits per heavy atom. The van der Waals surface area contributed by atoms with Gasteiger partial charge in [-0.1, -0.05) is 6.07 Å². The van der Waals surface area contributed by atoms with Gasteiger partial charge in [-0.3, -0.25) is 9.10 Å². The molecule has 0 saturated carbocycles. The number of nitrogens with zero attached hydrogens (tertiary/aromatic N) is 1. The first-order valence-electron chi connectivity index (χ1n) is 8.32. The van der Waals surface area contributed by atoms with E-state index in [1.54, 1.807) is 49.6 Å². The van der Waals surface area contributed by atoms with E-state index >= 15 is 0 Å². The van der Waals surface area contributed by atoms with Crippen LogP contribution in [0.4, 0.5) is 5.69 Å². The molecule has 2 aromatic carbocycles. The number of ether oxygens (including phenoxy) is 2. The van der Waals surface area contributed by atoms with Gasteiger partial charge in [-0.05, 0) is 49.4 Å². The highest BCUT2D eigenvalue weighted by Gasteiger charge is 2.15. The minimum Gasteiger partial charge on any atom is -0.497 e. The van der Waals surface area contributed by atoms with E-state index in [4.69, 9.17) is 9.47 Å². The number of carbonyl (C=O) groups is 1. The maximum atomic E-state index is 12.4. The molecule has 2 rings (SSSR count). The van der Waals surface area contributed by atoms with Gasteiger partial charge in [0.05, 0.1) is 25.1 Å². The van der Waals surface area contributed by atoms with Crippen LogP contribution < -0.4 is 19.1 Å². The lowest BCUT2D eigenvalue weighted by Gasteiger charge is -2.18. The molecule has 1 N–H and O–H groups in total. The van der Waals surface area contributed by atoms with Crippen LogP contribution in [0, 0.1) is 0 Å². The average molecular weight is 392 g/mol. The molecule has 0 bridgehead atoms.